The van der Waals surface area contributed by atoms with Crippen LogP contribution in [0.5, 0.6) is 0 Å². The Bertz CT molecular complexity index is 843. The predicted octanol–water partition coefficient (Wildman–Crippen LogP) is 1.08. The smallest absolute Gasteiger partial charge is 0.229 e. The van der Waals surface area contributed by atoms with Crippen molar-refractivity contribution in [2.24, 2.45) is 5.92 Å². The fourth-order valence-corrected chi connectivity index (χ4v) is 4.87. The van der Waals surface area contributed by atoms with Crippen LogP contribution in [0.3, 0.4) is 0 Å². The fourth-order valence-electron chi connectivity index (χ4n) is 3.14. The molecule has 1 N–H and O–H groups in total. The first-order chi connectivity index (χ1) is 11.7. The Hall–Kier alpha value is -2.10. The number of carbonyl (C=O) groups is 2. The number of nitrogens with one attached hydrogen (secondary N) is 1. The van der Waals surface area contributed by atoms with Gasteiger partial charge in [-0.05, 0) is 18.6 Å². The molecule has 0 saturated carbocycles. The number of likely N-dealkylation sites (tertiary alicyclic amines) is 1. The number of benzene rings is 1. The number of anilines is 1. The summed E-state index contributed by atoms with van der Waals surface area (Å²) in [6, 6.07) is 1.11. The van der Waals surface area contributed by atoms with Gasteiger partial charge in [0.2, 0.25) is 11.8 Å². The molecule has 6 nitrogen and oxygen atoms in total. The van der Waals surface area contributed by atoms with Gasteiger partial charge in [0.25, 0.3) is 0 Å². The number of carbonyl (C=O) groups excluding carboxylic acids is 2. The molecule has 2 amide bonds. The highest BCUT2D eigenvalue weighted by molar-refractivity contribution is 7.91. The summed E-state index contributed by atoms with van der Waals surface area (Å²) in [5.74, 6) is -6.60. The molecular weight excluding hydrogens is 361 g/mol. The molecule has 136 valence electrons. The number of amides is 2. The van der Waals surface area contributed by atoms with Gasteiger partial charge >= 0.3 is 0 Å². The van der Waals surface area contributed by atoms with Crippen molar-refractivity contribution in [2.45, 2.75) is 18.9 Å². The van der Waals surface area contributed by atoms with Gasteiger partial charge in [-0.25, -0.2) is 21.6 Å². The molecule has 0 radical (unpaired) electrons. The van der Waals surface area contributed by atoms with E-state index in [1.54, 1.807) is 0 Å². The van der Waals surface area contributed by atoms with Gasteiger partial charge < -0.3 is 10.2 Å². The molecule has 1 aromatic carbocycles. The lowest BCUT2D eigenvalue weighted by Crippen LogP contribution is -2.38. The van der Waals surface area contributed by atoms with Crippen LogP contribution < -0.4 is 5.32 Å². The molecule has 0 aliphatic carbocycles. The van der Waals surface area contributed by atoms with Crippen molar-refractivity contribution in [1.82, 2.24) is 4.90 Å². The van der Waals surface area contributed by atoms with E-state index in [1.165, 1.54) is 4.90 Å². The van der Waals surface area contributed by atoms with Crippen molar-refractivity contribution in [3.05, 3.63) is 29.6 Å². The third-order valence-electron chi connectivity index (χ3n) is 4.47. The molecule has 2 fully saturated rings. The number of sulfone groups is 1. The zero-order valence-corrected chi connectivity index (χ0v) is 13.8. The second-order valence-electron chi connectivity index (χ2n) is 6.22. The molecule has 1 aromatic rings. The normalized spacial score (nSPS) is 25.4. The Morgan fingerprint density at radius 3 is 2.56 bits per heavy atom. The molecular formula is C15H15F3N2O4S. The highest BCUT2D eigenvalue weighted by atomic mass is 32.2. The van der Waals surface area contributed by atoms with Gasteiger partial charge in [-0.15, -0.1) is 0 Å². The lowest BCUT2D eigenvalue weighted by atomic mass is 10.1. The quantitative estimate of drug-likeness (QED) is 0.801. The van der Waals surface area contributed by atoms with E-state index in [1.807, 2.05) is 0 Å². The van der Waals surface area contributed by atoms with Crippen LogP contribution in [0.2, 0.25) is 0 Å². The van der Waals surface area contributed by atoms with Gasteiger partial charge in [0.05, 0.1) is 23.1 Å². The summed E-state index contributed by atoms with van der Waals surface area (Å²) in [6.45, 7) is 0.0101. The second kappa shape index (κ2) is 6.32. The van der Waals surface area contributed by atoms with Crippen LogP contribution >= 0.6 is 0 Å². The molecule has 2 atom stereocenters. The highest BCUT2D eigenvalue weighted by Crippen LogP contribution is 2.27. The Morgan fingerprint density at radius 1 is 1.20 bits per heavy atom. The van der Waals surface area contributed by atoms with Crippen molar-refractivity contribution >= 4 is 27.3 Å². The Kier molecular flexibility index (Phi) is 4.48. The average Bonchev–Trinajstić information content (AvgIpc) is 3.10. The minimum absolute atomic E-state index is 0.00161. The third-order valence-corrected chi connectivity index (χ3v) is 6.22. The van der Waals surface area contributed by atoms with Crippen LogP contribution in [-0.2, 0) is 19.4 Å². The van der Waals surface area contributed by atoms with E-state index in [-0.39, 0.29) is 30.4 Å². The Labute approximate surface area is 141 Å². The van der Waals surface area contributed by atoms with Crippen molar-refractivity contribution in [3.63, 3.8) is 0 Å². The van der Waals surface area contributed by atoms with E-state index in [2.05, 4.69) is 5.32 Å². The van der Waals surface area contributed by atoms with Crippen LogP contribution in [0.25, 0.3) is 0 Å². The average molecular weight is 376 g/mol. The van der Waals surface area contributed by atoms with Crippen LogP contribution in [0.15, 0.2) is 12.1 Å². The van der Waals surface area contributed by atoms with Crippen molar-refractivity contribution in [1.29, 1.82) is 0 Å². The maximum Gasteiger partial charge on any atom is 0.229 e. The monoisotopic (exact) mass is 376 g/mol. The number of hydrogen-bond acceptors (Lipinski definition) is 4. The van der Waals surface area contributed by atoms with Gasteiger partial charge in [0, 0.05) is 19.0 Å². The minimum Gasteiger partial charge on any atom is -0.338 e. The summed E-state index contributed by atoms with van der Waals surface area (Å²) in [4.78, 5) is 25.6. The number of hydrogen-bond donors (Lipinski definition) is 1. The molecule has 2 unspecified atom stereocenters. The maximum absolute atomic E-state index is 13.6. The summed E-state index contributed by atoms with van der Waals surface area (Å²) < 4.78 is 62.8. The predicted molar refractivity (Wildman–Crippen MR) is 81.8 cm³/mol. The molecule has 3 rings (SSSR count). The van der Waals surface area contributed by atoms with Crippen LogP contribution in [-0.4, -0.2) is 49.2 Å². The van der Waals surface area contributed by atoms with Crippen molar-refractivity contribution in [2.75, 3.05) is 23.4 Å². The molecule has 2 heterocycles. The first-order valence-corrected chi connectivity index (χ1v) is 9.44. The molecule has 0 aromatic heterocycles. The van der Waals surface area contributed by atoms with Gasteiger partial charge in [-0.1, -0.05) is 0 Å². The second-order valence-corrected chi connectivity index (χ2v) is 8.44. The Morgan fingerprint density at radius 2 is 1.92 bits per heavy atom. The Balaban J connectivity index is 1.68. The maximum atomic E-state index is 13.6. The molecule has 2 aliphatic heterocycles. The molecule has 0 spiro atoms. The van der Waals surface area contributed by atoms with Crippen LogP contribution in [0.4, 0.5) is 18.9 Å². The first-order valence-electron chi connectivity index (χ1n) is 7.62. The zero-order chi connectivity index (χ0) is 18.4. The van der Waals surface area contributed by atoms with Gasteiger partial charge in [0.15, 0.2) is 27.3 Å². The van der Waals surface area contributed by atoms with E-state index >= 15 is 0 Å². The number of nitrogens with zero attached hydrogens (tertiary/aromatic N) is 1. The van der Waals surface area contributed by atoms with Crippen molar-refractivity contribution in [3.8, 4) is 0 Å². The molecule has 25 heavy (non-hydrogen) atoms. The zero-order valence-electron chi connectivity index (χ0n) is 13.0. The molecule has 0 bridgehead atoms. The van der Waals surface area contributed by atoms with E-state index in [4.69, 9.17) is 0 Å². The number of rotatable bonds is 3. The summed E-state index contributed by atoms with van der Waals surface area (Å²) in [5, 5.41) is 2.15. The van der Waals surface area contributed by atoms with E-state index < -0.39 is 50.8 Å². The van der Waals surface area contributed by atoms with E-state index in [0.717, 1.165) is 6.07 Å². The number of halogens is 3. The lowest BCUT2D eigenvalue weighted by Gasteiger charge is -2.23. The SMILES string of the molecule is O=C(Nc1ccc(F)c(F)c1F)C1CC(=O)N(C2CCS(=O)(=O)C2)C1. The fraction of sp³-hybridized carbons (Fsp3) is 0.467. The summed E-state index contributed by atoms with van der Waals surface area (Å²) >= 11 is 0. The van der Waals surface area contributed by atoms with E-state index in [0.29, 0.717) is 12.5 Å². The largest absolute Gasteiger partial charge is 0.338 e. The molecule has 2 saturated heterocycles. The standard InChI is InChI=1S/C15H15F3N2O4S/c16-10-1-2-11(14(18)13(10)17)19-15(22)8-5-12(21)20(6-8)9-3-4-25(23,24)7-9/h1-2,8-9H,3-7H2,(H,19,22). The molecule has 2 aliphatic rings. The molecule has 10 heteroatoms. The van der Waals surface area contributed by atoms with Crippen LogP contribution in [0.1, 0.15) is 12.8 Å². The third kappa shape index (κ3) is 3.48. The van der Waals surface area contributed by atoms with Crippen molar-refractivity contribution < 1.29 is 31.2 Å². The van der Waals surface area contributed by atoms with E-state index in [9.17, 15) is 31.2 Å². The van der Waals surface area contributed by atoms with Gasteiger partial charge in [-0.3, -0.25) is 9.59 Å². The summed E-state index contributed by atoms with van der Waals surface area (Å²) in [5.41, 5.74) is -0.516. The minimum atomic E-state index is -3.18. The topological polar surface area (TPSA) is 83.6 Å². The van der Waals surface area contributed by atoms with Crippen LogP contribution in [0, 0.1) is 23.4 Å². The van der Waals surface area contributed by atoms with Gasteiger partial charge in [-0.2, -0.15) is 0 Å². The first kappa shape index (κ1) is 17.7. The lowest BCUT2D eigenvalue weighted by molar-refractivity contribution is -0.129. The van der Waals surface area contributed by atoms with Gasteiger partial charge in [0.1, 0.15) is 0 Å². The summed E-state index contributed by atoms with van der Waals surface area (Å²) in [6.07, 6.45) is 0.174. The highest BCUT2D eigenvalue weighted by Gasteiger charge is 2.42. The summed E-state index contributed by atoms with van der Waals surface area (Å²) in [7, 11) is -3.18.